The molecule has 1 unspecified atom stereocenters. The van der Waals surface area contributed by atoms with Gasteiger partial charge in [-0.05, 0) is 24.7 Å². The van der Waals surface area contributed by atoms with Crippen molar-refractivity contribution >= 4 is 23.9 Å². The van der Waals surface area contributed by atoms with E-state index in [0.717, 1.165) is 11.1 Å². The van der Waals surface area contributed by atoms with Crippen molar-refractivity contribution in [1.82, 2.24) is 9.55 Å². The van der Waals surface area contributed by atoms with Gasteiger partial charge in [-0.1, -0.05) is 29.8 Å². The van der Waals surface area contributed by atoms with Gasteiger partial charge in [-0.15, -0.1) is 0 Å². The number of benzene rings is 1. The lowest BCUT2D eigenvalue weighted by molar-refractivity contribution is -0.116. The Hall–Kier alpha value is -2.21. The van der Waals surface area contributed by atoms with E-state index in [1.54, 1.807) is 11.6 Å². The smallest absolute Gasteiger partial charge is 0.257 e. The van der Waals surface area contributed by atoms with Gasteiger partial charge in [0, 0.05) is 19.4 Å². The molecular formula is C15H15N3O2S. The zero-order valence-electron chi connectivity index (χ0n) is 11.8. The molecular weight excluding hydrogens is 286 g/mol. The van der Waals surface area contributed by atoms with Crippen molar-refractivity contribution in [3.63, 3.8) is 0 Å². The van der Waals surface area contributed by atoms with E-state index in [9.17, 15) is 9.59 Å². The normalized spacial score (nSPS) is 17.2. The van der Waals surface area contributed by atoms with Crippen LogP contribution in [0.1, 0.15) is 29.0 Å². The highest BCUT2D eigenvalue weighted by molar-refractivity contribution is 7.71. The number of aromatic nitrogens is 2. The number of carbonyl (C=O) groups is 1. The van der Waals surface area contributed by atoms with Gasteiger partial charge in [0.1, 0.15) is 5.82 Å². The summed E-state index contributed by atoms with van der Waals surface area (Å²) in [6.07, 6.45) is 0.260. The molecule has 5 nitrogen and oxygen atoms in total. The molecule has 2 N–H and O–H groups in total. The van der Waals surface area contributed by atoms with Gasteiger partial charge < -0.3 is 9.88 Å². The molecule has 1 aromatic heterocycles. The first kappa shape index (κ1) is 13.8. The molecule has 1 atom stereocenters. The molecule has 1 aliphatic rings. The minimum absolute atomic E-state index is 0.108. The number of nitrogens with one attached hydrogen (secondary N) is 2. The fourth-order valence-electron chi connectivity index (χ4n) is 2.67. The summed E-state index contributed by atoms with van der Waals surface area (Å²) in [6.45, 7) is 2.00. The van der Waals surface area contributed by atoms with Crippen molar-refractivity contribution in [3.05, 3.63) is 56.1 Å². The van der Waals surface area contributed by atoms with Gasteiger partial charge in [-0.2, -0.15) is 0 Å². The van der Waals surface area contributed by atoms with E-state index in [4.69, 9.17) is 12.2 Å². The molecule has 3 rings (SSSR count). The number of hydrogen-bond acceptors (Lipinski definition) is 3. The second-order valence-electron chi connectivity index (χ2n) is 5.30. The van der Waals surface area contributed by atoms with Crippen LogP contribution in [0.5, 0.6) is 0 Å². The average molecular weight is 301 g/mol. The number of hydrogen-bond donors (Lipinski definition) is 2. The average Bonchev–Trinajstić information content (AvgIpc) is 2.44. The molecule has 0 saturated heterocycles. The monoisotopic (exact) mass is 301 g/mol. The largest absolute Gasteiger partial charge is 0.312 e. The second kappa shape index (κ2) is 4.96. The Balaban J connectivity index is 2.25. The molecule has 0 fully saturated rings. The highest BCUT2D eigenvalue weighted by Crippen LogP contribution is 2.34. The molecule has 0 spiro atoms. The fraction of sp³-hybridized carbons (Fsp3) is 0.267. The summed E-state index contributed by atoms with van der Waals surface area (Å²) >= 11 is 5.09. The van der Waals surface area contributed by atoms with Crippen molar-refractivity contribution in [1.29, 1.82) is 0 Å². The number of aryl methyl sites for hydroxylation is 1. The van der Waals surface area contributed by atoms with Gasteiger partial charge in [0.15, 0.2) is 4.77 Å². The van der Waals surface area contributed by atoms with Gasteiger partial charge >= 0.3 is 0 Å². The Bertz CT molecular complexity index is 833. The quantitative estimate of drug-likeness (QED) is 0.794. The van der Waals surface area contributed by atoms with Crippen molar-refractivity contribution < 1.29 is 4.79 Å². The highest BCUT2D eigenvalue weighted by atomic mass is 32.1. The van der Waals surface area contributed by atoms with Crippen LogP contribution in [0, 0.1) is 11.7 Å². The third-order valence-electron chi connectivity index (χ3n) is 3.84. The van der Waals surface area contributed by atoms with E-state index in [-0.39, 0.29) is 23.8 Å². The Morgan fingerprint density at radius 1 is 1.24 bits per heavy atom. The third-order valence-corrected chi connectivity index (χ3v) is 4.21. The molecule has 1 aromatic carbocycles. The molecule has 0 saturated carbocycles. The second-order valence-corrected chi connectivity index (χ2v) is 5.68. The van der Waals surface area contributed by atoms with Crippen LogP contribution in [-0.4, -0.2) is 15.5 Å². The molecule has 6 heteroatoms. The number of carbonyl (C=O) groups excluding carboxylic acids is 1. The van der Waals surface area contributed by atoms with Crippen LogP contribution in [0.25, 0.3) is 0 Å². The van der Waals surface area contributed by atoms with Gasteiger partial charge in [-0.3, -0.25) is 14.6 Å². The number of nitrogens with zero attached hydrogens (tertiary/aromatic N) is 1. The first-order valence-electron chi connectivity index (χ1n) is 6.67. The van der Waals surface area contributed by atoms with E-state index < -0.39 is 0 Å². The van der Waals surface area contributed by atoms with E-state index in [0.29, 0.717) is 16.2 Å². The zero-order valence-corrected chi connectivity index (χ0v) is 12.6. The predicted octanol–water partition coefficient (Wildman–Crippen LogP) is 2.23. The highest BCUT2D eigenvalue weighted by Gasteiger charge is 2.30. The molecule has 0 aliphatic carbocycles. The number of H-pyrrole nitrogens is 1. The lowest BCUT2D eigenvalue weighted by Gasteiger charge is -2.26. The minimum atomic E-state index is -0.250. The van der Waals surface area contributed by atoms with Crippen LogP contribution in [0.3, 0.4) is 0 Å². The number of amides is 1. The molecule has 108 valence electrons. The first-order chi connectivity index (χ1) is 9.97. The summed E-state index contributed by atoms with van der Waals surface area (Å²) in [7, 11) is 1.73. The zero-order chi connectivity index (χ0) is 15.1. The minimum Gasteiger partial charge on any atom is -0.312 e. The SMILES string of the molecule is Cc1ccc(C2CC(=O)Nc3c2c(=O)[nH]c(=S)n3C)cc1. The van der Waals surface area contributed by atoms with Crippen LogP contribution in [0.15, 0.2) is 29.1 Å². The summed E-state index contributed by atoms with van der Waals surface area (Å²) in [5, 5.41) is 2.76. The summed E-state index contributed by atoms with van der Waals surface area (Å²) < 4.78 is 1.92. The number of aromatic amines is 1. The number of anilines is 1. The third kappa shape index (κ3) is 2.31. The molecule has 2 aromatic rings. The van der Waals surface area contributed by atoms with Gasteiger partial charge in [0.2, 0.25) is 5.91 Å². The molecule has 0 radical (unpaired) electrons. The maximum absolute atomic E-state index is 12.3. The van der Waals surface area contributed by atoms with Crippen LogP contribution < -0.4 is 10.9 Å². The molecule has 1 aliphatic heterocycles. The Morgan fingerprint density at radius 3 is 2.57 bits per heavy atom. The van der Waals surface area contributed by atoms with Gasteiger partial charge in [-0.25, -0.2) is 0 Å². The summed E-state index contributed by atoms with van der Waals surface area (Å²) in [5.74, 6) is 0.133. The number of rotatable bonds is 1. The lowest BCUT2D eigenvalue weighted by atomic mass is 9.86. The maximum atomic E-state index is 12.3. The van der Waals surface area contributed by atoms with Crippen molar-refractivity contribution in [3.8, 4) is 0 Å². The van der Waals surface area contributed by atoms with Gasteiger partial charge in [0.05, 0.1) is 5.56 Å². The van der Waals surface area contributed by atoms with E-state index >= 15 is 0 Å². The topological polar surface area (TPSA) is 66.9 Å². The Labute approximate surface area is 126 Å². The summed E-state index contributed by atoms with van der Waals surface area (Å²) in [4.78, 5) is 27.0. The summed E-state index contributed by atoms with van der Waals surface area (Å²) in [6, 6.07) is 7.89. The van der Waals surface area contributed by atoms with Crippen molar-refractivity contribution in [2.24, 2.45) is 7.05 Å². The molecule has 21 heavy (non-hydrogen) atoms. The molecule has 1 amide bonds. The fourth-order valence-corrected chi connectivity index (χ4v) is 2.85. The van der Waals surface area contributed by atoms with E-state index in [1.165, 1.54) is 0 Å². The van der Waals surface area contributed by atoms with E-state index in [2.05, 4.69) is 10.3 Å². The van der Waals surface area contributed by atoms with E-state index in [1.807, 2.05) is 31.2 Å². The van der Waals surface area contributed by atoms with Crippen LogP contribution >= 0.6 is 12.2 Å². The van der Waals surface area contributed by atoms with Gasteiger partial charge in [0.25, 0.3) is 5.56 Å². The van der Waals surface area contributed by atoms with Crippen LogP contribution in [0.2, 0.25) is 0 Å². The lowest BCUT2D eigenvalue weighted by Crippen LogP contribution is -2.33. The first-order valence-corrected chi connectivity index (χ1v) is 7.08. The number of fused-ring (bicyclic) bond motifs is 1. The standard InChI is InChI=1S/C15H15N3O2S/c1-8-3-5-9(6-4-8)10-7-11(19)16-13-12(10)14(20)17-15(21)18(13)2/h3-6,10H,7H2,1-2H3,(H,16,19)(H,17,20,21). The Kier molecular flexibility index (Phi) is 3.25. The summed E-state index contributed by atoms with van der Waals surface area (Å²) in [5.41, 5.74) is 2.42. The molecule has 2 heterocycles. The van der Waals surface area contributed by atoms with Crippen LogP contribution in [-0.2, 0) is 11.8 Å². The maximum Gasteiger partial charge on any atom is 0.257 e. The van der Waals surface area contributed by atoms with Crippen molar-refractivity contribution in [2.45, 2.75) is 19.3 Å². The Morgan fingerprint density at radius 2 is 1.90 bits per heavy atom. The van der Waals surface area contributed by atoms with Crippen molar-refractivity contribution in [2.75, 3.05) is 5.32 Å². The van der Waals surface area contributed by atoms with Crippen LogP contribution in [0.4, 0.5) is 5.82 Å². The molecule has 0 bridgehead atoms. The predicted molar refractivity (Wildman–Crippen MR) is 83.1 cm³/mol.